The second-order valence-corrected chi connectivity index (χ2v) is 6.33. The molecule has 0 heterocycles. The Morgan fingerprint density at radius 1 is 1.30 bits per heavy atom. The number of hydrogen-bond acceptors (Lipinski definition) is 1. The van der Waals surface area contributed by atoms with Gasteiger partial charge in [-0.3, -0.25) is 0 Å². The Labute approximate surface area is 126 Å². The molecule has 0 radical (unpaired) electrons. The van der Waals surface area contributed by atoms with Gasteiger partial charge in [0, 0.05) is 6.04 Å². The number of hydrogen-bond donors (Lipinski definition) is 1. The van der Waals surface area contributed by atoms with Crippen molar-refractivity contribution in [2.45, 2.75) is 57.9 Å². The summed E-state index contributed by atoms with van der Waals surface area (Å²) in [4.78, 5) is 0. The fraction of sp³-hybridized carbons (Fsp3) is 0.647. The SMILES string of the molecule is CCCNC(CC1CCCCC1)c1ccc(Cl)c(F)c1. The van der Waals surface area contributed by atoms with Crippen molar-refractivity contribution in [3.05, 3.63) is 34.6 Å². The van der Waals surface area contributed by atoms with E-state index in [0.717, 1.165) is 30.9 Å². The highest BCUT2D eigenvalue weighted by atomic mass is 35.5. The Bertz CT molecular complexity index is 415. The molecule has 2 rings (SSSR count). The number of halogens is 2. The third-order valence-electron chi connectivity index (χ3n) is 4.28. The molecular formula is C17H25ClFN. The summed E-state index contributed by atoms with van der Waals surface area (Å²) in [7, 11) is 0. The molecule has 3 heteroatoms. The van der Waals surface area contributed by atoms with Gasteiger partial charge in [-0.1, -0.05) is 56.7 Å². The predicted octanol–water partition coefficient (Wildman–Crippen LogP) is 5.49. The Morgan fingerprint density at radius 2 is 2.05 bits per heavy atom. The quantitative estimate of drug-likeness (QED) is 0.732. The van der Waals surface area contributed by atoms with Crippen molar-refractivity contribution in [2.24, 2.45) is 5.92 Å². The van der Waals surface area contributed by atoms with Crippen LogP contribution in [0.3, 0.4) is 0 Å². The molecule has 0 aromatic heterocycles. The molecule has 0 spiro atoms. The maximum Gasteiger partial charge on any atom is 0.142 e. The minimum Gasteiger partial charge on any atom is -0.310 e. The molecule has 1 aliphatic rings. The standard InChI is InChI=1S/C17H25ClFN/c1-2-10-20-17(11-13-6-4-3-5-7-13)14-8-9-15(18)16(19)12-14/h8-9,12-13,17,20H,2-7,10-11H2,1H3. The molecule has 0 amide bonds. The van der Waals surface area contributed by atoms with Crippen molar-refractivity contribution in [3.63, 3.8) is 0 Å². The first-order valence-electron chi connectivity index (χ1n) is 7.89. The van der Waals surface area contributed by atoms with Crippen LogP contribution in [-0.4, -0.2) is 6.54 Å². The van der Waals surface area contributed by atoms with Crippen LogP contribution in [0.5, 0.6) is 0 Å². The molecule has 1 unspecified atom stereocenters. The lowest BCUT2D eigenvalue weighted by Crippen LogP contribution is -2.25. The van der Waals surface area contributed by atoms with Crippen LogP contribution < -0.4 is 5.32 Å². The van der Waals surface area contributed by atoms with Crippen molar-refractivity contribution in [1.82, 2.24) is 5.32 Å². The zero-order valence-electron chi connectivity index (χ0n) is 12.3. The van der Waals surface area contributed by atoms with E-state index in [1.54, 1.807) is 12.1 Å². The normalized spacial score (nSPS) is 18.1. The smallest absolute Gasteiger partial charge is 0.142 e. The van der Waals surface area contributed by atoms with Gasteiger partial charge in [0.25, 0.3) is 0 Å². The van der Waals surface area contributed by atoms with E-state index in [9.17, 15) is 4.39 Å². The second-order valence-electron chi connectivity index (χ2n) is 5.92. The van der Waals surface area contributed by atoms with Crippen LogP contribution in [0.25, 0.3) is 0 Å². The van der Waals surface area contributed by atoms with Crippen molar-refractivity contribution < 1.29 is 4.39 Å². The molecular weight excluding hydrogens is 273 g/mol. The summed E-state index contributed by atoms with van der Waals surface area (Å²) in [5, 5.41) is 3.78. The lowest BCUT2D eigenvalue weighted by Gasteiger charge is -2.27. The summed E-state index contributed by atoms with van der Waals surface area (Å²) < 4.78 is 13.7. The molecule has 0 saturated heterocycles. The second kappa shape index (κ2) is 7.99. The van der Waals surface area contributed by atoms with E-state index in [1.165, 1.54) is 32.1 Å². The van der Waals surface area contributed by atoms with Crippen molar-refractivity contribution >= 4 is 11.6 Å². The Hall–Kier alpha value is -0.600. The van der Waals surface area contributed by atoms with Gasteiger partial charge in [0.2, 0.25) is 0 Å². The maximum atomic E-state index is 13.7. The number of nitrogens with one attached hydrogen (secondary N) is 1. The largest absolute Gasteiger partial charge is 0.310 e. The Morgan fingerprint density at radius 3 is 2.70 bits per heavy atom. The first-order valence-corrected chi connectivity index (χ1v) is 8.26. The van der Waals surface area contributed by atoms with Gasteiger partial charge in [-0.25, -0.2) is 4.39 Å². The predicted molar refractivity (Wildman–Crippen MR) is 83.6 cm³/mol. The van der Waals surface area contributed by atoms with E-state index in [0.29, 0.717) is 0 Å². The molecule has 1 atom stereocenters. The maximum absolute atomic E-state index is 13.7. The van der Waals surface area contributed by atoms with Crippen molar-refractivity contribution in [3.8, 4) is 0 Å². The van der Waals surface area contributed by atoms with Crippen LogP contribution >= 0.6 is 11.6 Å². The highest BCUT2D eigenvalue weighted by Gasteiger charge is 2.20. The molecule has 20 heavy (non-hydrogen) atoms. The van der Waals surface area contributed by atoms with E-state index in [1.807, 2.05) is 6.07 Å². The number of benzene rings is 1. The molecule has 1 aromatic rings. The molecule has 1 aliphatic carbocycles. The van der Waals surface area contributed by atoms with Gasteiger partial charge < -0.3 is 5.32 Å². The lowest BCUT2D eigenvalue weighted by molar-refractivity contribution is 0.299. The Balaban J connectivity index is 2.06. The summed E-state index contributed by atoms with van der Waals surface area (Å²) in [5.41, 5.74) is 1.03. The van der Waals surface area contributed by atoms with Gasteiger partial charge in [-0.05, 0) is 43.0 Å². The average molecular weight is 298 g/mol. The summed E-state index contributed by atoms with van der Waals surface area (Å²) in [6, 6.07) is 5.48. The third-order valence-corrected chi connectivity index (χ3v) is 4.59. The first kappa shape index (κ1) is 15.8. The Kier molecular flexibility index (Phi) is 6.31. The minimum absolute atomic E-state index is 0.209. The van der Waals surface area contributed by atoms with Gasteiger partial charge in [0.1, 0.15) is 5.82 Å². The van der Waals surface area contributed by atoms with Crippen LogP contribution in [0.2, 0.25) is 5.02 Å². The van der Waals surface area contributed by atoms with E-state index in [2.05, 4.69) is 12.2 Å². The van der Waals surface area contributed by atoms with Crippen molar-refractivity contribution in [2.75, 3.05) is 6.54 Å². The zero-order chi connectivity index (χ0) is 14.4. The van der Waals surface area contributed by atoms with Gasteiger partial charge in [-0.2, -0.15) is 0 Å². The van der Waals surface area contributed by atoms with E-state index < -0.39 is 0 Å². The van der Waals surface area contributed by atoms with Crippen LogP contribution in [0.15, 0.2) is 18.2 Å². The van der Waals surface area contributed by atoms with Crippen LogP contribution in [0.4, 0.5) is 4.39 Å². The topological polar surface area (TPSA) is 12.0 Å². The zero-order valence-corrected chi connectivity index (χ0v) is 13.1. The summed E-state index contributed by atoms with van der Waals surface area (Å²) in [5.74, 6) is 0.466. The van der Waals surface area contributed by atoms with Crippen LogP contribution in [0.1, 0.15) is 63.5 Å². The third kappa shape index (κ3) is 4.46. The number of rotatable bonds is 6. The van der Waals surface area contributed by atoms with Gasteiger partial charge >= 0.3 is 0 Å². The lowest BCUT2D eigenvalue weighted by atomic mass is 9.83. The van der Waals surface area contributed by atoms with Gasteiger partial charge in [0.05, 0.1) is 5.02 Å². The fourth-order valence-electron chi connectivity index (χ4n) is 3.14. The van der Waals surface area contributed by atoms with E-state index in [4.69, 9.17) is 11.6 Å². The van der Waals surface area contributed by atoms with Crippen molar-refractivity contribution in [1.29, 1.82) is 0 Å². The highest BCUT2D eigenvalue weighted by molar-refractivity contribution is 6.30. The van der Waals surface area contributed by atoms with E-state index >= 15 is 0 Å². The average Bonchev–Trinajstić information content (AvgIpc) is 2.47. The molecule has 1 nitrogen and oxygen atoms in total. The molecule has 1 saturated carbocycles. The minimum atomic E-state index is -0.309. The van der Waals surface area contributed by atoms with Gasteiger partial charge in [0.15, 0.2) is 0 Å². The summed E-state index contributed by atoms with van der Waals surface area (Å²) >= 11 is 5.79. The molecule has 1 N–H and O–H groups in total. The molecule has 112 valence electrons. The van der Waals surface area contributed by atoms with Crippen LogP contribution in [-0.2, 0) is 0 Å². The molecule has 0 bridgehead atoms. The highest BCUT2D eigenvalue weighted by Crippen LogP contribution is 2.32. The van der Waals surface area contributed by atoms with Gasteiger partial charge in [-0.15, -0.1) is 0 Å². The summed E-state index contributed by atoms with van der Waals surface area (Å²) in [6.07, 6.45) is 8.92. The monoisotopic (exact) mass is 297 g/mol. The molecule has 0 aliphatic heterocycles. The van der Waals surface area contributed by atoms with Crippen LogP contribution in [0, 0.1) is 11.7 Å². The first-order chi connectivity index (χ1) is 9.70. The summed E-state index contributed by atoms with van der Waals surface area (Å²) in [6.45, 7) is 3.13. The molecule has 1 aromatic carbocycles. The fourth-order valence-corrected chi connectivity index (χ4v) is 3.26. The van der Waals surface area contributed by atoms with E-state index in [-0.39, 0.29) is 16.9 Å². The molecule has 1 fully saturated rings.